The Labute approximate surface area is 127 Å². The van der Waals surface area contributed by atoms with E-state index in [9.17, 15) is 8.42 Å². The Balaban J connectivity index is 2.41. The van der Waals surface area contributed by atoms with Gasteiger partial charge in [0.1, 0.15) is 4.90 Å². The van der Waals surface area contributed by atoms with Gasteiger partial charge in [0, 0.05) is 5.02 Å². The molecule has 1 N–H and O–H groups in total. The zero-order valence-electron chi connectivity index (χ0n) is 10.7. The molecule has 1 aromatic carbocycles. The minimum atomic E-state index is -3.84. The summed E-state index contributed by atoms with van der Waals surface area (Å²) in [5, 5.41) is 0.406. The summed E-state index contributed by atoms with van der Waals surface area (Å²) in [5.74, 6) is 0.168. The maximum Gasteiger partial charge on any atom is 0.264 e. The third-order valence-electron chi connectivity index (χ3n) is 2.48. The number of rotatable bonds is 3. The maximum atomic E-state index is 12.3. The lowest BCUT2D eigenvalue weighted by atomic mass is 10.4. The lowest BCUT2D eigenvalue weighted by Gasteiger charge is -2.10. The predicted octanol–water partition coefficient (Wildman–Crippen LogP) is 3.20. The van der Waals surface area contributed by atoms with E-state index in [2.05, 4.69) is 14.7 Å². The van der Waals surface area contributed by atoms with Crippen LogP contribution >= 0.6 is 23.2 Å². The first-order valence-corrected chi connectivity index (χ1v) is 7.81. The van der Waals surface area contributed by atoms with E-state index in [1.54, 1.807) is 13.8 Å². The maximum absolute atomic E-state index is 12.3. The first-order chi connectivity index (χ1) is 9.29. The third kappa shape index (κ3) is 3.20. The fourth-order valence-corrected chi connectivity index (χ4v) is 3.41. The molecule has 0 bridgehead atoms. The molecule has 0 saturated carbocycles. The number of nitrogens with zero attached hydrogens (tertiary/aromatic N) is 2. The van der Waals surface area contributed by atoms with E-state index in [0.717, 1.165) is 0 Å². The molecular weight excluding hydrogens is 321 g/mol. The van der Waals surface area contributed by atoms with Gasteiger partial charge in [0.25, 0.3) is 10.0 Å². The topological polar surface area (TPSA) is 72.0 Å². The van der Waals surface area contributed by atoms with E-state index >= 15 is 0 Å². The van der Waals surface area contributed by atoms with Crippen LogP contribution in [-0.4, -0.2) is 18.4 Å². The highest BCUT2D eigenvalue weighted by molar-refractivity contribution is 7.92. The van der Waals surface area contributed by atoms with Crippen molar-refractivity contribution in [3.8, 4) is 0 Å². The van der Waals surface area contributed by atoms with Crippen molar-refractivity contribution in [2.24, 2.45) is 0 Å². The number of aryl methyl sites for hydroxylation is 2. The van der Waals surface area contributed by atoms with E-state index in [4.69, 9.17) is 23.2 Å². The summed E-state index contributed by atoms with van der Waals surface area (Å²) in [6.45, 7) is 3.44. The van der Waals surface area contributed by atoms with Crippen molar-refractivity contribution >= 4 is 39.0 Å². The van der Waals surface area contributed by atoms with Crippen LogP contribution in [0.4, 0.5) is 5.82 Å². The van der Waals surface area contributed by atoms with Crippen molar-refractivity contribution in [3.63, 3.8) is 0 Å². The molecule has 1 aromatic heterocycles. The molecule has 0 unspecified atom stereocenters. The van der Waals surface area contributed by atoms with Crippen LogP contribution in [0.1, 0.15) is 11.4 Å². The first-order valence-electron chi connectivity index (χ1n) is 5.58. The molecule has 0 spiro atoms. The van der Waals surface area contributed by atoms with Crippen LogP contribution < -0.4 is 4.72 Å². The molecule has 0 fully saturated rings. The summed E-state index contributed by atoms with van der Waals surface area (Å²) in [4.78, 5) is 8.09. The van der Waals surface area contributed by atoms with Gasteiger partial charge in [-0.2, -0.15) is 0 Å². The van der Waals surface area contributed by atoms with E-state index in [0.29, 0.717) is 16.4 Å². The molecule has 106 valence electrons. The van der Waals surface area contributed by atoms with Crippen molar-refractivity contribution in [2.75, 3.05) is 4.72 Å². The summed E-state index contributed by atoms with van der Waals surface area (Å²) in [6, 6.07) is 4.16. The fourth-order valence-electron chi connectivity index (χ4n) is 1.57. The molecule has 8 heteroatoms. The quantitative estimate of drug-likeness (QED) is 0.937. The summed E-state index contributed by atoms with van der Waals surface area (Å²) in [7, 11) is -3.84. The Morgan fingerprint density at radius 3 is 2.50 bits per heavy atom. The second kappa shape index (κ2) is 5.55. The van der Waals surface area contributed by atoms with Gasteiger partial charge < -0.3 is 0 Å². The zero-order valence-corrected chi connectivity index (χ0v) is 13.0. The summed E-state index contributed by atoms with van der Waals surface area (Å²) >= 11 is 11.7. The average Bonchev–Trinajstić information content (AvgIpc) is 2.32. The van der Waals surface area contributed by atoms with Crippen LogP contribution in [0.25, 0.3) is 0 Å². The Morgan fingerprint density at radius 1 is 1.20 bits per heavy atom. The minimum absolute atomic E-state index is 0.0442. The van der Waals surface area contributed by atoms with Gasteiger partial charge in [-0.3, -0.25) is 9.71 Å². The van der Waals surface area contributed by atoms with Crippen LogP contribution in [0, 0.1) is 13.8 Å². The number of anilines is 1. The number of hydrogen-bond donors (Lipinski definition) is 1. The van der Waals surface area contributed by atoms with Gasteiger partial charge in [0.15, 0.2) is 5.82 Å². The standard InChI is InChI=1S/C12H11Cl2N3O2S/c1-7-6-15-12(8(2)16-7)17-20(18,19)11-4-3-9(13)5-10(11)14/h3-6H,1-2H3,(H,15,17). The second-order valence-corrected chi connectivity index (χ2v) is 6.62. The SMILES string of the molecule is Cc1cnc(NS(=O)(=O)c2ccc(Cl)cc2Cl)c(C)n1. The molecule has 0 amide bonds. The Bertz CT molecular complexity index is 763. The van der Waals surface area contributed by atoms with Gasteiger partial charge in [0.05, 0.1) is 22.6 Å². The number of hydrogen-bond acceptors (Lipinski definition) is 4. The van der Waals surface area contributed by atoms with Crippen LogP contribution in [0.3, 0.4) is 0 Å². The van der Waals surface area contributed by atoms with Crippen molar-refractivity contribution < 1.29 is 8.42 Å². The average molecular weight is 332 g/mol. The van der Waals surface area contributed by atoms with Gasteiger partial charge in [-0.05, 0) is 32.0 Å². The smallest absolute Gasteiger partial charge is 0.262 e. The third-order valence-corrected chi connectivity index (χ3v) is 4.54. The van der Waals surface area contributed by atoms with E-state index in [1.165, 1.54) is 24.4 Å². The van der Waals surface area contributed by atoms with Crippen molar-refractivity contribution in [1.29, 1.82) is 0 Å². The molecule has 20 heavy (non-hydrogen) atoms. The van der Waals surface area contributed by atoms with E-state index in [1.807, 2.05) is 0 Å². The van der Waals surface area contributed by atoms with Gasteiger partial charge in [0.2, 0.25) is 0 Å². The summed E-state index contributed by atoms with van der Waals surface area (Å²) < 4.78 is 26.9. The normalized spacial score (nSPS) is 11.4. The van der Waals surface area contributed by atoms with Gasteiger partial charge in [-0.25, -0.2) is 13.4 Å². The van der Waals surface area contributed by atoms with Gasteiger partial charge >= 0.3 is 0 Å². The van der Waals surface area contributed by atoms with Crippen LogP contribution in [-0.2, 0) is 10.0 Å². The van der Waals surface area contributed by atoms with Gasteiger partial charge in [-0.15, -0.1) is 0 Å². The summed E-state index contributed by atoms with van der Waals surface area (Å²) in [5.41, 5.74) is 1.19. The molecule has 0 aliphatic carbocycles. The Hall–Kier alpha value is -1.37. The molecule has 2 aromatic rings. The molecule has 0 atom stereocenters. The van der Waals surface area contributed by atoms with E-state index < -0.39 is 10.0 Å². The molecule has 5 nitrogen and oxygen atoms in total. The van der Waals surface area contributed by atoms with Crippen molar-refractivity contribution in [1.82, 2.24) is 9.97 Å². The highest BCUT2D eigenvalue weighted by atomic mass is 35.5. The number of benzene rings is 1. The fraction of sp³-hybridized carbons (Fsp3) is 0.167. The Kier molecular flexibility index (Phi) is 4.17. The lowest BCUT2D eigenvalue weighted by molar-refractivity contribution is 0.601. The summed E-state index contributed by atoms with van der Waals surface area (Å²) in [6.07, 6.45) is 1.48. The van der Waals surface area contributed by atoms with E-state index in [-0.39, 0.29) is 15.7 Å². The largest absolute Gasteiger partial charge is 0.264 e. The first kappa shape index (κ1) is 15.0. The second-order valence-electron chi connectivity index (χ2n) is 4.13. The highest BCUT2D eigenvalue weighted by Crippen LogP contribution is 2.26. The van der Waals surface area contributed by atoms with Gasteiger partial charge in [-0.1, -0.05) is 23.2 Å². The van der Waals surface area contributed by atoms with Crippen LogP contribution in [0.5, 0.6) is 0 Å². The van der Waals surface area contributed by atoms with Crippen molar-refractivity contribution in [3.05, 3.63) is 45.8 Å². The molecule has 2 rings (SSSR count). The lowest BCUT2D eigenvalue weighted by Crippen LogP contribution is -2.16. The molecule has 0 saturated heterocycles. The van der Waals surface area contributed by atoms with Crippen LogP contribution in [0.2, 0.25) is 10.0 Å². The highest BCUT2D eigenvalue weighted by Gasteiger charge is 2.20. The Morgan fingerprint density at radius 2 is 1.90 bits per heavy atom. The molecule has 1 heterocycles. The monoisotopic (exact) mass is 331 g/mol. The van der Waals surface area contributed by atoms with Crippen molar-refractivity contribution in [2.45, 2.75) is 18.7 Å². The molecule has 0 radical (unpaired) electrons. The molecular formula is C12H11Cl2N3O2S. The molecule has 0 aliphatic rings. The number of aromatic nitrogens is 2. The zero-order chi connectivity index (χ0) is 14.9. The number of sulfonamides is 1. The predicted molar refractivity (Wildman–Crippen MR) is 78.8 cm³/mol. The van der Waals surface area contributed by atoms with Crippen LogP contribution in [0.15, 0.2) is 29.3 Å². The number of nitrogens with one attached hydrogen (secondary N) is 1. The molecule has 0 aliphatic heterocycles. The number of halogens is 2. The minimum Gasteiger partial charge on any atom is -0.262 e.